The Kier molecular flexibility index (Phi) is 10.3. The first kappa shape index (κ1) is 24.5. The maximum absolute atomic E-state index is 6.61. The minimum Gasteiger partial charge on any atom is -0.384 e. The Morgan fingerprint density at radius 2 is 2.00 bits per heavy atom. The van der Waals surface area contributed by atoms with E-state index in [1.165, 1.54) is 5.69 Å². The Labute approximate surface area is 197 Å². The third kappa shape index (κ3) is 6.60. The molecule has 2 aliphatic rings. The number of likely N-dealkylation sites (N-methyl/N-ethyl adjacent to an activating group) is 1. The standard InChI is InChI=1S/C21H34ClN5O.HI/c1-4-23-21(27-9-8-17(15-27)16-28-3)24-14-18-19(22)6-5-7-20(18)26-12-10-25(2)11-13-26;/h5-7,17H,4,8-16H2,1-3H3,(H,23,24);1H. The molecule has 2 fully saturated rings. The molecular formula is C21H35ClIN5O. The molecule has 1 atom stereocenters. The normalized spacial score (nSPS) is 20.7. The Balaban J connectivity index is 0.00000300. The molecule has 0 aliphatic carbocycles. The Morgan fingerprint density at radius 1 is 1.24 bits per heavy atom. The number of anilines is 1. The first-order chi connectivity index (χ1) is 13.6. The van der Waals surface area contributed by atoms with Crippen LogP contribution in [0, 0.1) is 5.92 Å². The third-order valence-electron chi connectivity index (χ3n) is 5.65. The molecule has 29 heavy (non-hydrogen) atoms. The van der Waals surface area contributed by atoms with E-state index in [-0.39, 0.29) is 24.0 Å². The summed E-state index contributed by atoms with van der Waals surface area (Å²) in [6, 6.07) is 6.20. The van der Waals surface area contributed by atoms with Crippen LogP contribution in [0.2, 0.25) is 5.02 Å². The molecule has 3 rings (SSSR count). The van der Waals surface area contributed by atoms with E-state index in [1.807, 2.05) is 12.1 Å². The van der Waals surface area contributed by atoms with Gasteiger partial charge in [-0.1, -0.05) is 17.7 Å². The summed E-state index contributed by atoms with van der Waals surface area (Å²) in [5.74, 6) is 1.56. The van der Waals surface area contributed by atoms with Crippen molar-refractivity contribution in [2.24, 2.45) is 10.9 Å². The van der Waals surface area contributed by atoms with E-state index in [2.05, 4.69) is 40.1 Å². The number of halogens is 2. The van der Waals surface area contributed by atoms with Gasteiger partial charge in [0.2, 0.25) is 0 Å². The number of nitrogens with zero attached hydrogens (tertiary/aromatic N) is 4. The van der Waals surface area contributed by atoms with Crippen molar-refractivity contribution in [3.05, 3.63) is 28.8 Å². The van der Waals surface area contributed by atoms with Gasteiger partial charge in [0.05, 0.1) is 13.2 Å². The van der Waals surface area contributed by atoms with Crippen LogP contribution in [0.5, 0.6) is 0 Å². The minimum atomic E-state index is 0. The summed E-state index contributed by atoms with van der Waals surface area (Å²) in [4.78, 5) is 12.1. The van der Waals surface area contributed by atoms with Gasteiger partial charge < -0.3 is 24.8 Å². The lowest BCUT2D eigenvalue weighted by molar-refractivity contribution is 0.157. The molecule has 0 radical (unpaired) electrons. The molecule has 1 aromatic carbocycles. The zero-order valence-electron chi connectivity index (χ0n) is 17.9. The number of rotatable bonds is 6. The molecule has 0 spiro atoms. The fourth-order valence-corrected chi connectivity index (χ4v) is 4.25. The molecule has 2 heterocycles. The van der Waals surface area contributed by atoms with Gasteiger partial charge in [0.25, 0.3) is 0 Å². The number of aliphatic imine (C=N–C) groups is 1. The largest absolute Gasteiger partial charge is 0.384 e. The molecule has 0 bridgehead atoms. The lowest BCUT2D eigenvalue weighted by Crippen LogP contribution is -2.44. The highest BCUT2D eigenvalue weighted by Gasteiger charge is 2.25. The van der Waals surface area contributed by atoms with Crippen molar-refractivity contribution in [1.82, 2.24) is 15.1 Å². The van der Waals surface area contributed by atoms with Crippen molar-refractivity contribution in [3.8, 4) is 0 Å². The van der Waals surface area contributed by atoms with Crippen molar-refractivity contribution >= 4 is 47.2 Å². The second-order valence-corrected chi connectivity index (χ2v) is 8.16. The smallest absolute Gasteiger partial charge is 0.194 e. The Hall–Kier alpha value is -0.770. The van der Waals surface area contributed by atoms with Gasteiger partial charge in [-0.05, 0) is 32.5 Å². The van der Waals surface area contributed by atoms with Crippen LogP contribution in [0.4, 0.5) is 5.69 Å². The number of hydrogen-bond acceptors (Lipinski definition) is 4. The second-order valence-electron chi connectivity index (χ2n) is 7.75. The quantitative estimate of drug-likeness (QED) is 0.344. The molecule has 2 saturated heterocycles. The molecule has 0 amide bonds. The zero-order chi connectivity index (χ0) is 19.9. The van der Waals surface area contributed by atoms with Crippen molar-refractivity contribution < 1.29 is 4.74 Å². The van der Waals surface area contributed by atoms with E-state index in [4.69, 9.17) is 21.3 Å². The van der Waals surface area contributed by atoms with Crippen LogP contribution in [-0.4, -0.2) is 82.3 Å². The number of ether oxygens (including phenoxy) is 1. The van der Waals surface area contributed by atoms with Gasteiger partial charge >= 0.3 is 0 Å². The van der Waals surface area contributed by atoms with E-state index >= 15 is 0 Å². The fourth-order valence-electron chi connectivity index (χ4n) is 4.02. The molecule has 0 saturated carbocycles. The number of hydrogen-bond donors (Lipinski definition) is 1. The number of methoxy groups -OCH3 is 1. The molecular weight excluding hydrogens is 501 g/mol. The van der Waals surface area contributed by atoms with Gasteiger partial charge in [0.15, 0.2) is 5.96 Å². The second kappa shape index (κ2) is 12.2. The van der Waals surface area contributed by atoms with Crippen LogP contribution in [0.1, 0.15) is 18.9 Å². The minimum absolute atomic E-state index is 0. The van der Waals surface area contributed by atoms with Gasteiger partial charge in [-0.15, -0.1) is 24.0 Å². The number of nitrogens with one attached hydrogen (secondary N) is 1. The first-order valence-corrected chi connectivity index (χ1v) is 10.7. The number of piperazine rings is 1. The summed E-state index contributed by atoms with van der Waals surface area (Å²) >= 11 is 6.61. The summed E-state index contributed by atoms with van der Waals surface area (Å²) in [7, 11) is 3.95. The summed E-state index contributed by atoms with van der Waals surface area (Å²) in [5.41, 5.74) is 2.34. The lowest BCUT2D eigenvalue weighted by atomic mass is 10.1. The van der Waals surface area contributed by atoms with Crippen LogP contribution < -0.4 is 10.2 Å². The monoisotopic (exact) mass is 535 g/mol. The highest BCUT2D eigenvalue weighted by molar-refractivity contribution is 14.0. The summed E-state index contributed by atoms with van der Waals surface area (Å²) < 4.78 is 5.34. The van der Waals surface area contributed by atoms with Gasteiger partial charge in [0.1, 0.15) is 0 Å². The number of guanidine groups is 1. The average molecular weight is 536 g/mol. The molecule has 1 aromatic rings. The van der Waals surface area contributed by atoms with Crippen molar-refractivity contribution in [1.29, 1.82) is 0 Å². The van der Waals surface area contributed by atoms with E-state index in [0.29, 0.717) is 12.5 Å². The van der Waals surface area contributed by atoms with E-state index < -0.39 is 0 Å². The molecule has 2 aliphatic heterocycles. The highest BCUT2D eigenvalue weighted by atomic mass is 127. The van der Waals surface area contributed by atoms with Gasteiger partial charge in [-0.2, -0.15) is 0 Å². The number of likely N-dealkylation sites (tertiary alicyclic amines) is 1. The van der Waals surface area contributed by atoms with Crippen LogP contribution in [-0.2, 0) is 11.3 Å². The molecule has 1 unspecified atom stereocenters. The molecule has 164 valence electrons. The maximum Gasteiger partial charge on any atom is 0.194 e. The van der Waals surface area contributed by atoms with Crippen LogP contribution in [0.3, 0.4) is 0 Å². The van der Waals surface area contributed by atoms with Crippen molar-refractivity contribution in [3.63, 3.8) is 0 Å². The predicted molar refractivity (Wildman–Crippen MR) is 133 cm³/mol. The molecule has 6 nitrogen and oxygen atoms in total. The fraction of sp³-hybridized carbons (Fsp3) is 0.667. The highest BCUT2D eigenvalue weighted by Crippen LogP contribution is 2.29. The SMILES string of the molecule is CCNC(=NCc1c(Cl)cccc1N1CCN(C)CC1)N1CCC(COC)C1.I. The maximum atomic E-state index is 6.61. The summed E-state index contributed by atoms with van der Waals surface area (Å²) in [6.07, 6.45) is 1.15. The topological polar surface area (TPSA) is 43.3 Å². The predicted octanol–water partition coefficient (Wildman–Crippen LogP) is 3.14. The van der Waals surface area contributed by atoms with Crippen LogP contribution in [0.15, 0.2) is 23.2 Å². The number of benzene rings is 1. The molecule has 0 aromatic heterocycles. The first-order valence-electron chi connectivity index (χ1n) is 10.4. The third-order valence-corrected chi connectivity index (χ3v) is 6.00. The van der Waals surface area contributed by atoms with Gasteiger partial charge in [-0.3, -0.25) is 0 Å². The Morgan fingerprint density at radius 3 is 2.69 bits per heavy atom. The van der Waals surface area contributed by atoms with E-state index in [0.717, 1.165) is 75.4 Å². The summed E-state index contributed by atoms with van der Waals surface area (Å²) in [6.45, 7) is 10.6. The molecule has 8 heteroatoms. The van der Waals surface area contributed by atoms with Gasteiger partial charge in [-0.25, -0.2) is 4.99 Å². The van der Waals surface area contributed by atoms with Crippen molar-refractivity contribution in [2.75, 3.05) is 71.5 Å². The zero-order valence-corrected chi connectivity index (χ0v) is 21.0. The Bertz CT molecular complexity index is 666. The lowest BCUT2D eigenvalue weighted by Gasteiger charge is -2.35. The van der Waals surface area contributed by atoms with E-state index in [9.17, 15) is 0 Å². The van der Waals surface area contributed by atoms with Gasteiger partial charge in [0, 0.05) is 75.1 Å². The summed E-state index contributed by atoms with van der Waals surface area (Å²) in [5, 5.41) is 4.25. The molecule has 1 N–H and O–H groups in total. The van der Waals surface area contributed by atoms with Crippen LogP contribution in [0.25, 0.3) is 0 Å². The van der Waals surface area contributed by atoms with Crippen molar-refractivity contribution in [2.45, 2.75) is 19.9 Å². The average Bonchev–Trinajstić information content (AvgIpc) is 3.15. The van der Waals surface area contributed by atoms with Crippen LogP contribution >= 0.6 is 35.6 Å². The van der Waals surface area contributed by atoms with E-state index in [1.54, 1.807) is 7.11 Å².